The number of sulfonamides is 1. The normalized spacial score (nSPS) is 19.3. The molecule has 8 nitrogen and oxygen atoms in total. The summed E-state index contributed by atoms with van der Waals surface area (Å²) >= 11 is 0.828. The van der Waals surface area contributed by atoms with E-state index < -0.39 is 16.1 Å². The van der Waals surface area contributed by atoms with Crippen molar-refractivity contribution in [2.75, 3.05) is 5.32 Å². The summed E-state index contributed by atoms with van der Waals surface area (Å²) in [7, 11) is -3.96. The maximum atomic E-state index is 13.2. The molecular formula is C24H26N4O4S2. The first-order valence-electron chi connectivity index (χ1n) is 11.4. The number of rotatable bonds is 5. The highest BCUT2D eigenvalue weighted by Crippen LogP contribution is 2.46. The summed E-state index contributed by atoms with van der Waals surface area (Å²) in [5, 5.41) is 10.5. The zero-order chi connectivity index (χ0) is 23.8. The second-order valence-electron chi connectivity index (χ2n) is 8.96. The topological polar surface area (TPSA) is 110 Å². The molecule has 5 rings (SSSR count). The van der Waals surface area contributed by atoms with E-state index in [1.807, 2.05) is 37.3 Å². The van der Waals surface area contributed by atoms with Crippen LogP contribution in [-0.4, -0.2) is 30.1 Å². The molecule has 2 heterocycles. The zero-order valence-corrected chi connectivity index (χ0v) is 20.4. The van der Waals surface area contributed by atoms with Crippen LogP contribution in [0.1, 0.15) is 66.1 Å². The number of para-hydroxylation sites is 1. The van der Waals surface area contributed by atoms with Crippen LogP contribution in [0, 0.1) is 6.92 Å². The van der Waals surface area contributed by atoms with E-state index in [1.165, 1.54) is 6.42 Å². The molecule has 0 bridgehead atoms. The van der Waals surface area contributed by atoms with Crippen LogP contribution in [0.15, 0.2) is 52.9 Å². The van der Waals surface area contributed by atoms with Crippen molar-refractivity contribution in [1.29, 1.82) is 0 Å². The molecule has 2 aliphatic rings. The first-order chi connectivity index (χ1) is 16.3. The molecule has 1 amide bonds. The van der Waals surface area contributed by atoms with Crippen LogP contribution >= 0.6 is 11.3 Å². The molecule has 1 aliphatic carbocycles. The minimum absolute atomic E-state index is 0.128. The van der Waals surface area contributed by atoms with Crippen molar-refractivity contribution in [2.45, 2.75) is 61.4 Å². The first-order valence-corrected chi connectivity index (χ1v) is 13.7. The number of amides is 1. The van der Waals surface area contributed by atoms with Crippen LogP contribution in [0.4, 0.5) is 5.13 Å². The molecule has 34 heavy (non-hydrogen) atoms. The third-order valence-electron chi connectivity index (χ3n) is 6.40. The molecule has 2 aromatic carbocycles. The number of nitrogens with one attached hydrogen (secondary N) is 2. The Morgan fingerprint density at radius 3 is 2.68 bits per heavy atom. The number of benzene rings is 2. The monoisotopic (exact) mass is 498 g/mol. The van der Waals surface area contributed by atoms with Crippen LogP contribution in [0.2, 0.25) is 0 Å². The summed E-state index contributed by atoms with van der Waals surface area (Å²) in [6, 6.07) is 14.3. The predicted molar refractivity (Wildman–Crippen MR) is 130 cm³/mol. The van der Waals surface area contributed by atoms with Gasteiger partial charge in [0.2, 0.25) is 9.47 Å². The number of fused-ring (bicyclic) bond motifs is 1. The van der Waals surface area contributed by atoms with Crippen molar-refractivity contribution < 1.29 is 17.9 Å². The number of aromatic nitrogens is 2. The van der Waals surface area contributed by atoms with Crippen molar-refractivity contribution in [3.05, 3.63) is 65.2 Å². The number of nitrogens with zero attached hydrogens (tertiary/aromatic N) is 2. The van der Waals surface area contributed by atoms with E-state index in [-0.39, 0.29) is 21.0 Å². The fourth-order valence-corrected chi connectivity index (χ4v) is 6.91. The molecule has 2 N–H and O–H groups in total. The SMILES string of the molecule is Cc1cccc(C(=O)Nc2nnc(S(=O)(=O)N[C@@H]3CC4(CCCCC4)Oc4ccccc43)s2)c1. The lowest BCUT2D eigenvalue weighted by molar-refractivity contribution is 0.0000716. The average Bonchev–Trinajstić information content (AvgIpc) is 3.29. The minimum atomic E-state index is -3.96. The molecule has 178 valence electrons. The highest BCUT2D eigenvalue weighted by Gasteiger charge is 2.43. The van der Waals surface area contributed by atoms with Gasteiger partial charge in [0.15, 0.2) is 0 Å². The van der Waals surface area contributed by atoms with Gasteiger partial charge >= 0.3 is 0 Å². The van der Waals surface area contributed by atoms with E-state index in [0.717, 1.165) is 53.9 Å². The summed E-state index contributed by atoms with van der Waals surface area (Å²) in [5.41, 5.74) is 1.88. The summed E-state index contributed by atoms with van der Waals surface area (Å²) < 4.78 is 35.5. The van der Waals surface area contributed by atoms with Gasteiger partial charge in [-0.25, -0.2) is 13.1 Å². The van der Waals surface area contributed by atoms with Crippen LogP contribution in [0.3, 0.4) is 0 Å². The fraction of sp³-hybridized carbons (Fsp3) is 0.375. The van der Waals surface area contributed by atoms with Crippen LogP contribution in [0.5, 0.6) is 5.75 Å². The van der Waals surface area contributed by atoms with Gasteiger partial charge in [0.25, 0.3) is 15.9 Å². The second-order valence-corrected chi connectivity index (χ2v) is 11.8. The Labute approximate surface area is 202 Å². The Balaban J connectivity index is 1.35. The zero-order valence-electron chi connectivity index (χ0n) is 18.8. The number of carbonyl (C=O) groups is 1. The number of aryl methyl sites for hydroxylation is 1. The van der Waals surface area contributed by atoms with Crippen LogP contribution in [0.25, 0.3) is 0 Å². The van der Waals surface area contributed by atoms with Gasteiger partial charge in [0.05, 0.1) is 6.04 Å². The Kier molecular flexibility index (Phi) is 6.13. The van der Waals surface area contributed by atoms with Crippen molar-refractivity contribution in [2.24, 2.45) is 0 Å². The fourth-order valence-electron chi connectivity index (χ4n) is 4.79. The Morgan fingerprint density at radius 2 is 1.88 bits per heavy atom. The molecule has 1 aromatic heterocycles. The summed E-state index contributed by atoms with van der Waals surface area (Å²) in [6.45, 7) is 1.89. The van der Waals surface area contributed by atoms with Crippen molar-refractivity contribution in [3.8, 4) is 5.75 Å². The molecule has 1 spiro atoms. The average molecular weight is 499 g/mol. The molecule has 0 radical (unpaired) electrons. The van der Waals surface area contributed by atoms with Gasteiger partial charge in [-0.2, -0.15) is 0 Å². The first kappa shape index (κ1) is 22.9. The quantitative estimate of drug-likeness (QED) is 0.497. The molecule has 0 saturated heterocycles. The van der Waals surface area contributed by atoms with Gasteiger partial charge in [-0.1, -0.05) is 53.7 Å². The lowest BCUT2D eigenvalue weighted by atomic mass is 9.77. The van der Waals surface area contributed by atoms with E-state index in [9.17, 15) is 13.2 Å². The lowest BCUT2D eigenvalue weighted by Gasteiger charge is -2.44. The van der Waals surface area contributed by atoms with Crippen molar-refractivity contribution in [1.82, 2.24) is 14.9 Å². The van der Waals surface area contributed by atoms with Crippen LogP contribution in [-0.2, 0) is 10.0 Å². The van der Waals surface area contributed by atoms with E-state index in [4.69, 9.17) is 4.74 Å². The molecule has 1 fully saturated rings. The number of ether oxygens (including phenoxy) is 1. The third-order valence-corrected chi connectivity index (χ3v) is 9.07. The van der Waals surface area contributed by atoms with Gasteiger partial charge in [-0.3, -0.25) is 10.1 Å². The number of hydrogen-bond acceptors (Lipinski definition) is 7. The summed E-state index contributed by atoms with van der Waals surface area (Å²) in [5.74, 6) is 0.362. The maximum absolute atomic E-state index is 13.2. The molecule has 1 saturated carbocycles. The van der Waals surface area contributed by atoms with Crippen molar-refractivity contribution >= 4 is 32.4 Å². The molecule has 1 aliphatic heterocycles. The standard InChI is InChI=1S/C24H26N4O4S2/c1-16-8-7-9-17(14-16)21(29)25-22-26-27-23(33-22)34(30,31)28-19-15-24(12-5-2-6-13-24)32-20-11-4-3-10-18(19)20/h3-4,7-11,14,19,28H,2,5-6,12-13,15H2,1H3,(H,25,26,29)/t19-/m1/s1. The summed E-state index contributed by atoms with van der Waals surface area (Å²) in [4.78, 5) is 12.5. The number of carbonyl (C=O) groups excluding carboxylic acids is 1. The van der Waals surface area contributed by atoms with E-state index >= 15 is 0 Å². The predicted octanol–water partition coefficient (Wildman–Crippen LogP) is 4.60. The van der Waals surface area contributed by atoms with E-state index in [1.54, 1.807) is 18.2 Å². The molecule has 1 atom stereocenters. The van der Waals surface area contributed by atoms with Crippen molar-refractivity contribution in [3.63, 3.8) is 0 Å². The van der Waals surface area contributed by atoms with Gasteiger partial charge in [-0.05, 0) is 50.8 Å². The summed E-state index contributed by atoms with van der Waals surface area (Å²) in [6.07, 6.45) is 5.70. The van der Waals surface area contributed by atoms with Gasteiger partial charge in [0, 0.05) is 17.5 Å². The third kappa shape index (κ3) is 4.70. The molecular weight excluding hydrogens is 472 g/mol. The molecule has 0 unspecified atom stereocenters. The van der Waals surface area contributed by atoms with E-state index in [2.05, 4.69) is 20.2 Å². The highest BCUT2D eigenvalue weighted by atomic mass is 32.2. The van der Waals surface area contributed by atoms with Gasteiger partial charge in [-0.15, -0.1) is 10.2 Å². The molecule has 3 aromatic rings. The minimum Gasteiger partial charge on any atom is -0.487 e. The Morgan fingerprint density at radius 1 is 1.09 bits per heavy atom. The lowest BCUT2D eigenvalue weighted by Crippen LogP contribution is -2.46. The van der Waals surface area contributed by atoms with E-state index in [0.29, 0.717) is 12.0 Å². The Hall–Kier alpha value is -2.82. The molecule has 10 heteroatoms. The van der Waals surface area contributed by atoms with Crippen LogP contribution < -0.4 is 14.8 Å². The maximum Gasteiger partial charge on any atom is 0.270 e. The number of anilines is 1. The Bertz CT molecular complexity index is 1320. The highest BCUT2D eigenvalue weighted by molar-refractivity contribution is 7.91. The van der Waals surface area contributed by atoms with Gasteiger partial charge in [0.1, 0.15) is 11.4 Å². The smallest absolute Gasteiger partial charge is 0.270 e. The second kappa shape index (κ2) is 9.09. The number of hydrogen-bond donors (Lipinski definition) is 2. The van der Waals surface area contributed by atoms with Gasteiger partial charge < -0.3 is 4.74 Å². The largest absolute Gasteiger partial charge is 0.487 e.